The molecule has 2 heterocycles. The Morgan fingerprint density at radius 2 is 2.21 bits per heavy atom. The van der Waals surface area contributed by atoms with Gasteiger partial charge >= 0.3 is 0 Å². The molecule has 1 fully saturated rings. The van der Waals surface area contributed by atoms with E-state index < -0.39 is 0 Å². The van der Waals surface area contributed by atoms with Gasteiger partial charge in [0, 0.05) is 12.2 Å². The number of nitrogens with zero attached hydrogens (tertiary/aromatic N) is 2. The van der Waals surface area contributed by atoms with E-state index in [0.717, 1.165) is 13.0 Å². The van der Waals surface area contributed by atoms with Gasteiger partial charge in [0.25, 0.3) is 0 Å². The number of rotatable bonds is 3. The van der Waals surface area contributed by atoms with Gasteiger partial charge in [-0.05, 0) is 49.9 Å². The summed E-state index contributed by atoms with van der Waals surface area (Å²) in [5.74, 6) is 0. The Labute approximate surface area is 114 Å². The van der Waals surface area contributed by atoms with Gasteiger partial charge in [-0.2, -0.15) is 5.10 Å². The highest BCUT2D eigenvalue weighted by molar-refractivity contribution is 5.41. The molecule has 0 saturated carbocycles. The molecular weight excluding hydrogens is 234 g/mol. The summed E-state index contributed by atoms with van der Waals surface area (Å²) in [6.07, 6.45) is 9.04. The molecule has 0 spiro atoms. The number of hydrogen-bond acceptors (Lipinski definition) is 2. The Hall–Kier alpha value is -1.61. The summed E-state index contributed by atoms with van der Waals surface area (Å²) in [6.45, 7) is 3.24. The minimum Gasteiger partial charge on any atom is -0.314 e. The van der Waals surface area contributed by atoms with Crippen LogP contribution < -0.4 is 5.32 Å². The zero-order chi connectivity index (χ0) is 13.1. The van der Waals surface area contributed by atoms with E-state index in [1.54, 1.807) is 0 Å². The van der Waals surface area contributed by atoms with Crippen LogP contribution in [0, 0.1) is 6.92 Å². The van der Waals surface area contributed by atoms with E-state index >= 15 is 0 Å². The molecule has 1 aromatic carbocycles. The fourth-order valence-electron chi connectivity index (χ4n) is 2.82. The minimum absolute atomic E-state index is 0.617. The van der Waals surface area contributed by atoms with E-state index in [-0.39, 0.29) is 0 Å². The lowest BCUT2D eigenvalue weighted by atomic mass is 9.97. The summed E-state index contributed by atoms with van der Waals surface area (Å²) in [5.41, 5.74) is 3.79. The molecule has 100 valence electrons. The number of aromatic nitrogens is 2. The van der Waals surface area contributed by atoms with Gasteiger partial charge < -0.3 is 5.32 Å². The quantitative estimate of drug-likeness (QED) is 0.914. The van der Waals surface area contributed by atoms with Gasteiger partial charge in [0.2, 0.25) is 0 Å². The first kappa shape index (κ1) is 12.4. The normalized spacial score (nSPS) is 19.5. The Balaban J connectivity index is 1.84. The number of aryl methyl sites for hydroxylation is 1. The van der Waals surface area contributed by atoms with Crippen molar-refractivity contribution in [2.24, 2.45) is 0 Å². The van der Waals surface area contributed by atoms with E-state index in [0.29, 0.717) is 6.04 Å². The van der Waals surface area contributed by atoms with E-state index in [1.165, 1.54) is 36.1 Å². The standard InChI is InChI=1S/C16H21N3/c1-13-11-18-19(12-13)16-8-3-2-6-14(16)10-15-7-4-5-9-17-15/h2-3,6,8,11-12,15,17H,4-5,7,9-10H2,1H3. The van der Waals surface area contributed by atoms with Gasteiger partial charge in [-0.15, -0.1) is 0 Å². The number of piperidine rings is 1. The van der Waals surface area contributed by atoms with Crippen molar-refractivity contribution in [3.05, 3.63) is 47.8 Å². The van der Waals surface area contributed by atoms with Crippen LogP contribution in [-0.4, -0.2) is 22.4 Å². The Bertz CT molecular complexity index is 538. The highest BCUT2D eigenvalue weighted by Gasteiger charge is 2.15. The minimum atomic E-state index is 0.617. The smallest absolute Gasteiger partial charge is 0.0678 e. The van der Waals surface area contributed by atoms with Crippen molar-refractivity contribution in [2.75, 3.05) is 6.54 Å². The maximum absolute atomic E-state index is 4.44. The van der Waals surface area contributed by atoms with Crippen LogP contribution in [0.15, 0.2) is 36.7 Å². The molecule has 0 radical (unpaired) electrons. The van der Waals surface area contributed by atoms with Gasteiger partial charge in [0.05, 0.1) is 11.9 Å². The maximum Gasteiger partial charge on any atom is 0.0678 e. The number of nitrogens with one attached hydrogen (secondary N) is 1. The highest BCUT2D eigenvalue weighted by atomic mass is 15.3. The zero-order valence-electron chi connectivity index (χ0n) is 11.5. The average Bonchev–Trinajstić information content (AvgIpc) is 2.87. The number of hydrogen-bond donors (Lipinski definition) is 1. The third-order valence-corrected chi connectivity index (χ3v) is 3.83. The molecular formula is C16H21N3. The summed E-state index contributed by atoms with van der Waals surface area (Å²) in [6, 6.07) is 9.21. The van der Waals surface area contributed by atoms with Gasteiger partial charge in [-0.1, -0.05) is 24.6 Å². The summed E-state index contributed by atoms with van der Waals surface area (Å²) < 4.78 is 1.99. The van der Waals surface area contributed by atoms with Crippen molar-refractivity contribution in [1.82, 2.24) is 15.1 Å². The predicted molar refractivity (Wildman–Crippen MR) is 77.6 cm³/mol. The molecule has 3 nitrogen and oxygen atoms in total. The van der Waals surface area contributed by atoms with E-state index in [4.69, 9.17) is 0 Å². The van der Waals surface area contributed by atoms with Crippen LogP contribution in [0.3, 0.4) is 0 Å². The van der Waals surface area contributed by atoms with Crippen molar-refractivity contribution < 1.29 is 0 Å². The van der Waals surface area contributed by atoms with Gasteiger partial charge in [0.1, 0.15) is 0 Å². The molecule has 3 rings (SSSR count). The first-order valence-electron chi connectivity index (χ1n) is 7.16. The Morgan fingerprint density at radius 1 is 1.32 bits per heavy atom. The second-order valence-corrected chi connectivity index (χ2v) is 5.44. The molecule has 0 bridgehead atoms. The lowest BCUT2D eigenvalue weighted by Crippen LogP contribution is -2.35. The van der Waals surface area contributed by atoms with Crippen molar-refractivity contribution in [2.45, 2.75) is 38.6 Å². The molecule has 2 aromatic rings. The molecule has 1 aliphatic heterocycles. The van der Waals surface area contributed by atoms with Crippen LogP contribution in [0.25, 0.3) is 5.69 Å². The summed E-state index contributed by atoms with van der Waals surface area (Å²) >= 11 is 0. The van der Waals surface area contributed by atoms with Gasteiger partial charge in [-0.25, -0.2) is 4.68 Å². The Morgan fingerprint density at radius 3 is 2.95 bits per heavy atom. The molecule has 3 heteroatoms. The van der Waals surface area contributed by atoms with Crippen LogP contribution in [0.4, 0.5) is 0 Å². The second kappa shape index (κ2) is 5.57. The first-order valence-corrected chi connectivity index (χ1v) is 7.16. The molecule has 1 unspecified atom stereocenters. The molecule has 0 amide bonds. The first-order chi connectivity index (χ1) is 9.33. The van der Waals surface area contributed by atoms with Crippen molar-refractivity contribution in [3.63, 3.8) is 0 Å². The van der Waals surface area contributed by atoms with E-state index in [9.17, 15) is 0 Å². The third kappa shape index (κ3) is 2.87. The van der Waals surface area contributed by atoms with E-state index in [1.807, 2.05) is 10.9 Å². The molecule has 1 aromatic heterocycles. The average molecular weight is 255 g/mol. The highest BCUT2D eigenvalue weighted by Crippen LogP contribution is 2.19. The van der Waals surface area contributed by atoms with Crippen LogP contribution in [-0.2, 0) is 6.42 Å². The van der Waals surface area contributed by atoms with Crippen molar-refractivity contribution in [3.8, 4) is 5.69 Å². The number of benzene rings is 1. The lowest BCUT2D eigenvalue weighted by Gasteiger charge is -2.24. The fraction of sp³-hybridized carbons (Fsp3) is 0.438. The van der Waals surface area contributed by atoms with Crippen LogP contribution >= 0.6 is 0 Å². The van der Waals surface area contributed by atoms with Gasteiger partial charge in [-0.3, -0.25) is 0 Å². The van der Waals surface area contributed by atoms with Crippen LogP contribution in [0.5, 0.6) is 0 Å². The SMILES string of the molecule is Cc1cnn(-c2ccccc2CC2CCCCN2)c1. The largest absolute Gasteiger partial charge is 0.314 e. The molecule has 1 N–H and O–H groups in total. The summed E-state index contributed by atoms with van der Waals surface area (Å²) in [5, 5.41) is 8.06. The fourth-order valence-corrected chi connectivity index (χ4v) is 2.82. The lowest BCUT2D eigenvalue weighted by molar-refractivity contribution is 0.399. The molecule has 0 aliphatic carbocycles. The molecule has 1 aliphatic rings. The molecule has 1 saturated heterocycles. The van der Waals surface area contributed by atoms with Gasteiger partial charge in [0.15, 0.2) is 0 Å². The van der Waals surface area contributed by atoms with E-state index in [2.05, 4.69) is 47.8 Å². The monoisotopic (exact) mass is 255 g/mol. The molecule has 19 heavy (non-hydrogen) atoms. The number of para-hydroxylation sites is 1. The summed E-state index contributed by atoms with van der Waals surface area (Å²) in [4.78, 5) is 0. The second-order valence-electron chi connectivity index (χ2n) is 5.44. The topological polar surface area (TPSA) is 29.9 Å². The third-order valence-electron chi connectivity index (χ3n) is 3.83. The van der Waals surface area contributed by atoms with Crippen LogP contribution in [0.1, 0.15) is 30.4 Å². The maximum atomic E-state index is 4.44. The Kier molecular flexibility index (Phi) is 3.65. The predicted octanol–water partition coefficient (Wildman–Crippen LogP) is 2.87. The van der Waals surface area contributed by atoms with Crippen molar-refractivity contribution in [1.29, 1.82) is 0 Å². The summed E-state index contributed by atoms with van der Waals surface area (Å²) in [7, 11) is 0. The van der Waals surface area contributed by atoms with Crippen LogP contribution in [0.2, 0.25) is 0 Å². The van der Waals surface area contributed by atoms with Crippen molar-refractivity contribution >= 4 is 0 Å². The molecule has 1 atom stereocenters. The zero-order valence-corrected chi connectivity index (χ0v) is 11.5.